The fraction of sp³-hybridized carbons (Fsp3) is 0.525. The quantitative estimate of drug-likeness (QED) is 0.0618. The zero-order valence-corrected chi connectivity index (χ0v) is 33.4. The average Bonchev–Trinajstić information content (AvgIpc) is 3.59. The monoisotopic (exact) mass is 778 g/mol. The third-order valence-corrected chi connectivity index (χ3v) is 8.83. The van der Waals surface area contributed by atoms with E-state index in [1.807, 2.05) is 27.7 Å². The molecule has 0 saturated heterocycles. The van der Waals surface area contributed by atoms with Crippen LogP contribution < -0.4 is 36.9 Å². The van der Waals surface area contributed by atoms with Crippen LogP contribution >= 0.6 is 0 Å². The van der Waals surface area contributed by atoms with Gasteiger partial charge in [-0.25, -0.2) is 0 Å². The molecule has 1 unspecified atom stereocenters. The van der Waals surface area contributed by atoms with Crippen molar-refractivity contribution in [2.45, 2.75) is 110 Å². The molecule has 306 valence electrons. The highest BCUT2D eigenvalue weighted by Gasteiger charge is 2.23. The van der Waals surface area contributed by atoms with Gasteiger partial charge in [0.25, 0.3) is 11.8 Å². The number of hydrogen-bond acceptors (Lipinski definition) is 11. The van der Waals surface area contributed by atoms with Crippen LogP contribution in [0.15, 0.2) is 48.7 Å². The van der Waals surface area contributed by atoms with E-state index in [1.54, 1.807) is 47.3 Å². The van der Waals surface area contributed by atoms with E-state index in [0.717, 1.165) is 0 Å². The van der Waals surface area contributed by atoms with Gasteiger partial charge in [0.1, 0.15) is 23.8 Å². The molecule has 16 nitrogen and oxygen atoms in total. The van der Waals surface area contributed by atoms with Crippen LogP contribution in [0, 0.1) is 0 Å². The largest absolute Gasteiger partial charge is 0.493 e. The summed E-state index contributed by atoms with van der Waals surface area (Å²) in [5, 5.41) is 17.0. The number of carbonyl (C=O) groups excluding carboxylic acids is 5. The number of nitrogens with zero attached hydrogens (tertiary/aromatic N) is 3. The standard InChI is InChI=1S/C40H58N8O8/c1-27(49)29-14-15-35(33(24-29)38(53)43-18-8-7-13-34(41)36(42)51)54-21-10-20-48-25-31(46-47-48)26-55-32-12-9-11-30(23-32)37(52)44-19-16-40(5,6)56-22-17-39(3,4)45-28(2)50/h9,11-12,14-15,23-25,34H,7-8,10,13,16-22,26,41H2,1-6H3,(H2,42,51)(H,43,53)(H,44,52)(H,45,50). The molecule has 0 aliphatic heterocycles. The van der Waals surface area contributed by atoms with Crippen LogP contribution in [-0.4, -0.2) is 87.9 Å². The molecule has 2 aromatic carbocycles. The van der Waals surface area contributed by atoms with Crippen LogP contribution in [0.5, 0.6) is 11.5 Å². The van der Waals surface area contributed by atoms with Crippen LogP contribution in [0.1, 0.15) is 117 Å². The minimum absolute atomic E-state index is 0.0813. The van der Waals surface area contributed by atoms with Gasteiger partial charge >= 0.3 is 0 Å². The van der Waals surface area contributed by atoms with Crippen LogP contribution in [0.25, 0.3) is 0 Å². The van der Waals surface area contributed by atoms with Gasteiger partial charge in [-0.15, -0.1) is 5.10 Å². The van der Waals surface area contributed by atoms with Gasteiger partial charge in [0.15, 0.2) is 5.78 Å². The molecule has 1 heterocycles. The Hall–Kier alpha value is -5.35. The molecule has 1 atom stereocenters. The number of nitrogens with one attached hydrogen (secondary N) is 3. The van der Waals surface area contributed by atoms with Crippen molar-refractivity contribution in [3.05, 3.63) is 71.0 Å². The van der Waals surface area contributed by atoms with E-state index in [9.17, 15) is 24.0 Å². The van der Waals surface area contributed by atoms with Gasteiger partial charge < -0.3 is 41.6 Å². The van der Waals surface area contributed by atoms with Gasteiger partial charge in [-0.1, -0.05) is 11.3 Å². The Morgan fingerprint density at radius 1 is 0.857 bits per heavy atom. The second-order valence-electron chi connectivity index (χ2n) is 14.9. The predicted molar refractivity (Wildman–Crippen MR) is 210 cm³/mol. The number of aryl methyl sites for hydroxylation is 1. The molecule has 0 spiro atoms. The number of Topliss-reactive ketones (excluding diaryl/α,β-unsaturated/α-hetero) is 1. The van der Waals surface area contributed by atoms with Gasteiger partial charge in [-0.2, -0.15) is 0 Å². The number of benzene rings is 2. The molecular weight excluding hydrogens is 720 g/mol. The van der Waals surface area contributed by atoms with Gasteiger partial charge in [-0.3, -0.25) is 28.7 Å². The molecule has 0 aliphatic rings. The number of primary amides is 1. The highest BCUT2D eigenvalue weighted by molar-refractivity contribution is 6.01. The van der Waals surface area contributed by atoms with E-state index >= 15 is 0 Å². The number of carbonyl (C=O) groups is 5. The topological polar surface area (TPSA) is 232 Å². The number of amides is 4. The number of hydrogen-bond donors (Lipinski definition) is 5. The minimum Gasteiger partial charge on any atom is -0.493 e. The fourth-order valence-corrected chi connectivity index (χ4v) is 5.56. The number of ketones is 1. The van der Waals surface area contributed by atoms with Crippen molar-refractivity contribution in [1.29, 1.82) is 0 Å². The van der Waals surface area contributed by atoms with Crippen LogP contribution in [0.2, 0.25) is 0 Å². The molecule has 0 bridgehead atoms. The molecule has 0 aliphatic carbocycles. The lowest BCUT2D eigenvalue weighted by Gasteiger charge is -2.30. The Morgan fingerprint density at radius 3 is 2.32 bits per heavy atom. The SMILES string of the molecule is CC(=O)NC(C)(C)CCOC(C)(C)CCNC(=O)c1cccc(OCc2cn(CCCOc3ccc(C(C)=O)cc3C(=O)NCCCCC(N)C(N)=O)nn2)c1. The van der Waals surface area contributed by atoms with E-state index in [2.05, 4.69) is 26.3 Å². The molecule has 0 fully saturated rings. The molecule has 1 aromatic heterocycles. The van der Waals surface area contributed by atoms with Crippen LogP contribution in [0.3, 0.4) is 0 Å². The number of rotatable bonds is 25. The second kappa shape index (κ2) is 21.7. The third-order valence-electron chi connectivity index (χ3n) is 8.83. The summed E-state index contributed by atoms with van der Waals surface area (Å²) in [6.45, 7) is 12.9. The van der Waals surface area contributed by atoms with Crippen molar-refractivity contribution in [3.63, 3.8) is 0 Å². The Morgan fingerprint density at radius 2 is 1.61 bits per heavy atom. The highest BCUT2D eigenvalue weighted by Crippen LogP contribution is 2.22. The van der Waals surface area contributed by atoms with Crippen molar-refractivity contribution in [2.75, 3.05) is 26.3 Å². The minimum atomic E-state index is -0.717. The summed E-state index contributed by atoms with van der Waals surface area (Å²) in [5.74, 6) is -0.568. The normalized spacial score (nSPS) is 12.1. The number of unbranched alkanes of at least 4 members (excludes halogenated alkanes) is 1. The van der Waals surface area contributed by atoms with Crippen molar-refractivity contribution in [1.82, 2.24) is 30.9 Å². The molecule has 3 rings (SSSR count). The van der Waals surface area contributed by atoms with E-state index < -0.39 is 17.6 Å². The van der Waals surface area contributed by atoms with E-state index in [0.29, 0.717) is 93.1 Å². The first-order valence-electron chi connectivity index (χ1n) is 18.9. The van der Waals surface area contributed by atoms with Crippen molar-refractivity contribution >= 4 is 29.4 Å². The Kier molecular flexibility index (Phi) is 17.4. The summed E-state index contributed by atoms with van der Waals surface area (Å²) in [6, 6.07) is 10.9. The first kappa shape index (κ1) is 45.0. The fourth-order valence-electron chi connectivity index (χ4n) is 5.56. The number of ether oxygens (including phenoxy) is 3. The molecule has 56 heavy (non-hydrogen) atoms. The third kappa shape index (κ3) is 16.2. The van der Waals surface area contributed by atoms with Gasteiger partial charge in [0, 0.05) is 56.3 Å². The number of aromatic nitrogens is 3. The second-order valence-corrected chi connectivity index (χ2v) is 14.9. The molecule has 7 N–H and O–H groups in total. The molecule has 0 saturated carbocycles. The van der Waals surface area contributed by atoms with Crippen molar-refractivity contribution < 1.29 is 38.2 Å². The average molecular weight is 779 g/mol. The van der Waals surface area contributed by atoms with Gasteiger partial charge in [0.2, 0.25) is 11.8 Å². The Balaban J connectivity index is 1.42. The number of nitrogens with two attached hydrogens (primary N) is 2. The van der Waals surface area contributed by atoms with Gasteiger partial charge in [-0.05, 0) is 103 Å². The molecule has 16 heteroatoms. The molecular formula is C40H58N8O8. The maximum absolute atomic E-state index is 13.0. The molecule has 0 radical (unpaired) electrons. The highest BCUT2D eigenvalue weighted by atomic mass is 16.5. The zero-order valence-electron chi connectivity index (χ0n) is 33.4. The Labute approximate surface area is 328 Å². The summed E-state index contributed by atoms with van der Waals surface area (Å²) < 4.78 is 19.6. The summed E-state index contributed by atoms with van der Waals surface area (Å²) in [6.07, 6.45) is 5.22. The summed E-state index contributed by atoms with van der Waals surface area (Å²) >= 11 is 0. The molecule has 3 aromatic rings. The summed E-state index contributed by atoms with van der Waals surface area (Å²) in [4.78, 5) is 60.4. The first-order valence-corrected chi connectivity index (χ1v) is 18.9. The van der Waals surface area contributed by atoms with E-state index in [-0.39, 0.29) is 47.8 Å². The van der Waals surface area contributed by atoms with E-state index in [1.165, 1.54) is 19.9 Å². The van der Waals surface area contributed by atoms with Crippen molar-refractivity contribution in [3.8, 4) is 11.5 Å². The first-order chi connectivity index (χ1) is 26.4. The van der Waals surface area contributed by atoms with Crippen molar-refractivity contribution in [2.24, 2.45) is 11.5 Å². The summed E-state index contributed by atoms with van der Waals surface area (Å²) in [7, 11) is 0. The maximum atomic E-state index is 13.0. The maximum Gasteiger partial charge on any atom is 0.255 e. The Bertz CT molecular complexity index is 1790. The van der Waals surface area contributed by atoms with Crippen LogP contribution in [-0.2, 0) is 27.5 Å². The smallest absolute Gasteiger partial charge is 0.255 e. The lowest BCUT2D eigenvalue weighted by atomic mass is 10.0. The lowest BCUT2D eigenvalue weighted by molar-refractivity contribution is -0.121. The van der Waals surface area contributed by atoms with Crippen LogP contribution in [0.4, 0.5) is 0 Å². The summed E-state index contributed by atoms with van der Waals surface area (Å²) in [5.41, 5.74) is 11.7. The molecule has 4 amide bonds. The predicted octanol–water partition coefficient (Wildman–Crippen LogP) is 3.46. The lowest BCUT2D eigenvalue weighted by Crippen LogP contribution is -2.43. The van der Waals surface area contributed by atoms with E-state index in [4.69, 9.17) is 25.7 Å². The zero-order chi connectivity index (χ0) is 41.3. The van der Waals surface area contributed by atoms with Gasteiger partial charge in [0.05, 0.1) is 30.0 Å².